The molecule has 8 heteroatoms. The molecule has 2 N–H and O–H groups in total. The minimum absolute atomic E-state index is 0.0984. The van der Waals surface area contributed by atoms with Gasteiger partial charge in [-0.25, -0.2) is 9.59 Å². The largest absolute Gasteiger partial charge is 0.459 e. The lowest BCUT2D eigenvalue weighted by atomic mass is 9.98. The fraction of sp³-hybridized carbons (Fsp3) is 0.579. The first-order valence-corrected chi connectivity index (χ1v) is 8.88. The molecular formula is C19H25N3O5. The van der Waals surface area contributed by atoms with Crippen LogP contribution in [0.15, 0.2) is 0 Å². The van der Waals surface area contributed by atoms with Crippen molar-refractivity contribution in [1.29, 1.82) is 5.26 Å². The van der Waals surface area contributed by atoms with Crippen molar-refractivity contribution in [3.63, 3.8) is 0 Å². The molecule has 0 radical (unpaired) electrons. The van der Waals surface area contributed by atoms with Gasteiger partial charge in [-0.05, 0) is 58.9 Å². The number of nitriles is 1. The molecule has 1 aliphatic rings. The molecule has 1 atom stereocenters. The van der Waals surface area contributed by atoms with Crippen LogP contribution in [0.3, 0.4) is 0 Å². The summed E-state index contributed by atoms with van der Waals surface area (Å²) in [6.07, 6.45) is 1.49. The number of aryl methyl sites for hydroxylation is 1. The van der Waals surface area contributed by atoms with Crippen molar-refractivity contribution < 1.29 is 23.9 Å². The Hall–Kier alpha value is -2.82. The highest BCUT2D eigenvalue weighted by atomic mass is 16.5. The van der Waals surface area contributed by atoms with Gasteiger partial charge in [0.05, 0.1) is 17.7 Å². The maximum absolute atomic E-state index is 12.3. The predicted octanol–water partition coefficient (Wildman–Crippen LogP) is 2.16. The maximum atomic E-state index is 12.3. The number of esters is 2. The minimum atomic E-state index is -0.948. The summed E-state index contributed by atoms with van der Waals surface area (Å²) >= 11 is 0. The van der Waals surface area contributed by atoms with E-state index in [1.807, 2.05) is 0 Å². The molecule has 0 bridgehead atoms. The van der Waals surface area contributed by atoms with Crippen molar-refractivity contribution in [1.82, 2.24) is 10.3 Å². The van der Waals surface area contributed by atoms with E-state index >= 15 is 0 Å². The monoisotopic (exact) mass is 375 g/mol. The molecule has 1 heterocycles. The lowest BCUT2D eigenvalue weighted by molar-refractivity contribution is -0.125. The Balaban J connectivity index is 2.01. The molecule has 0 unspecified atom stereocenters. The SMILES string of the molecule is Cc1[nH]c(C(=O)OCC(=O)N[C@](C)(C#N)C2CC2)c(C)c1C(=O)OC(C)C. The first-order chi connectivity index (χ1) is 12.6. The normalized spacial score (nSPS) is 15.6. The van der Waals surface area contributed by atoms with Crippen LogP contribution in [0.25, 0.3) is 0 Å². The molecule has 1 aliphatic carbocycles. The quantitative estimate of drug-likeness (QED) is 0.704. The molecule has 1 saturated carbocycles. The van der Waals surface area contributed by atoms with Crippen LogP contribution in [0.5, 0.6) is 0 Å². The van der Waals surface area contributed by atoms with E-state index in [0.29, 0.717) is 11.3 Å². The van der Waals surface area contributed by atoms with Crippen molar-refractivity contribution in [2.45, 2.75) is 59.1 Å². The fourth-order valence-electron chi connectivity index (χ4n) is 2.94. The average Bonchev–Trinajstić information content (AvgIpc) is 3.38. The molecule has 27 heavy (non-hydrogen) atoms. The van der Waals surface area contributed by atoms with Crippen molar-refractivity contribution in [3.05, 3.63) is 22.5 Å². The average molecular weight is 375 g/mol. The summed E-state index contributed by atoms with van der Waals surface area (Å²) in [6, 6.07) is 2.11. The Bertz CT molecular complexity index is 801. The number of hydrogen-bond donors (Lipinski definition) is 2. The zero-order valence-corrected chi connectivity index (χ0v) is 16.3. The molecule has 0 spiro atoms. The summed E-state index contributed by atoms with van der Waals surface area (Å²) in [7, 11) is 0. The van der Waals surface area contributed by atoms with Crippen LogP contribution in [-0.4, -0.2) is 41.1 Å². The smallest absolute Gasteiger partial charge is 0.355 e. The molecule has 2 rings (SSSR count). The number of aromatic amines is 1. The molecular weight excluding hydrogens is 350 g/mol. The minimum Gasteiger partial charge on any atom is -0.459 e. The van der Waals surface area contributed by atoms with Crippen LogP contribution >= 0.6 is 0 Å². The van der Waals surface area contributed by atoms with E-state index in [2.05, 4.69) is 16.4 Å². The van der Waals surface area contributed by atoms with E-state index in [9.17, 15) is 19.6 Å². The van der Waals surface area contributed by atoms with Gasteiger partial charge in [-0.3, -0.25) is 4.79 Å². The second kappa shape index (κ2) is 7.82. The molecule has 0 aromatic carbocycles. The van der Waals surface area contributed by atoms with Crippen LogP contribution in [0.4, 0.5) is 0 Å². The lowest BCUT2D eigenvalue weighted by Gasteiger charge is -2.22. The van der Waals surface area contributed by atoms with E-state index in [1.165, 1.54) is 0 Å². The Morgan fingerprint density at radius 3 is 2.44 bits per heavy atom. The van der Waals surface area contributed by atoms with Gasteiger partial charge in [-0.1, -0.05) is 0 Å². The number of nitrogens with one attached hydrogen (secondary N) is 2. The Morgan fingerprint density at radius 1 is 1.30 bits per heavy atom. The molecule has 146 valence electrons. The number of carbonyl (C=O) groups excluding carboxylic acids is 3. The number of carbonyl (C=O) groups is 3. The van der Waals surface area contributed by atoms with Crippen molar-refractivity contribution in [2.24, 2.45) is 5.92 Å². The Morgan fingerprint density at radius 2 is 1.93 bits per heavy atom. The van der Waals surface area contributed by atoms with Gasteiger partial charge in [0, 0.05) is 5.69 Å². The maximum Gasteiger partial charge on any atom is 0.355 e. The van der Waals surface area contributed by atoms with E-state index in [4.69, 9.17) is 9.47 Å². The summed E-state index contributed by atoms with van der Waals surface area (Å²) in [6.45, 7) is 7.89. The number of hydrogen-bond acceptors (Lipinski definition) is 6. The van der Waals surface area contributed by atoms with E-state index < -0.39 is 30.0 Å². The molecule has 1 aromatic heterocycles. The number of H-pyrrole nitrogens is 1. The van der Waals surface area contributed by atoms with Crippen LogP contribution in [-0.2, 0) is 14.3 Å². The van der Waals surface area contributed by atoms with Crippen LogP contribution < -0.4 is 5.32 Å². The third kappa shape index (κ3) is 4.67. The summed E-state index contributed by atoms with van der Waals surface area (Å²) in [5, 5.41) is 11.9. The van der Waals surface area contributed by atoms with Gasteiger partial charge in [0.2, 0.25) is 0 Å². The number of aromatic nitrogens is 1. The summed E-state index contributed by atoms with van der Waals surface area (Å²) in [5.74, 6) is -1.69. The van der Waals surface area contributed by atoms with Gasteiger partial charge in [-0.2, -0.15) is 5.26 Å². The van der Waals surface area contributed by atoms with E-state index in [-0.39, 0.29) is 23.3 Å². The number of ether oxygens (including phenoxy) is 2. The number of amides is 1. The third-order valence-corrected chi connectivity index (χ3v) is 4.55. The number of rotatable bonds is 7. The van der Waals surface area contributed by atoms with Gasteiger partial charge in [0.25, 0.3) is 5.91 Å². The Kier molecular flexibility index (Phi) is 5.94. The third-order valence-electron chi connectivity index (χ3n) is 4.55. The van der Waals surface area contributed by atoms with Gasteiger partial charge in [-0.15, -0.1) is 0 Å². The zero-order chi connectivity index (χ0) is 20.4. The van der Waals surface area contributed by atoms with E-state index in [1.54, 1.807) is 34.6 Å². The molecule has 1 aromatic rings. The molecule has 1 amide bonds. The van der Waals surface area contributed by atoms with Gasteiger partial charge >= 0.3 is 11.9 Å². The summed E-state index contributed by atoms with van der Waals surface area (Å²) < 4.78 is 10.2. The summed E-state index contributed by atoms with van der Waals surface area (Å²) in [4.78, 5) is 39.3. The van der Waals surface area contributed by atoms with Crippen LogP contribution in [0.2, 0.25) is 0 Å². The highest BCUT2D eigenvalue weighted by molar-refractivity contribution is 5.99. The fourth-order valence-corrected chi connectivity index (χ4v) is 2.94. The first kappa shape index (κ1) is 20.5. The van der Waals surface area contributed by atoms with Crippen LogP contribution in [0.1, 0.15) is 65.7 Å². The summed E-state index contributed by atoms with van der Waals surface area (Å²) in [5.41, 5.74) is 0.326. The van der Waals surface area contributed by atoms with Crippen molar-refractivity contribution >= 4 is 17.8 Å². The zero-order valence-electron chi connectivity index (χ0n) is 16.3. The van der Waals surface area contributed by atoms with Gasteiger partial charge in [0.1, 0.15) is 11.2 Å². The predicted molar refractivity (Wildman–Crippen MR) is 96.0 cm³/mol. The second-order valence-corrected chi connectivity index (χ2v) is 7.29. The molecule has 1 fully saturated rings. The van der Waals surface area contributed by atoms with E-state index in [0.717, 1.165) is 12.8 Å². The van der Waals surface area contributed by atoms with Gasteiger partial charge in [0.15, 0.2) is 6.61 Å². The first-order valence-electron chi connectivity index (χ1n) is 8.88. The van der Waals surface area contributed by atoms with Crippen molar-refractivity contribution in [2.75, 3.05) is 6.61 Å². The molecule has 0 saturated heterocycles. The van der Waals surface area contributed by atoms with Crippen LogP contribution in [0, 0.1) is 31.1 Å². The highest BCUT2D eigenvalue weighted by Gasteiger charge is 2.43. The second-order valence-electron chi connectivity index (χ2n) is 7.29. The standard InChI is InChI=1S/C19H25N3O5/c1-10(2)27-17(24)15-11(3)16(21-12(15)4)18(25)26-8-14(23)22-19(5,9-20)13-6-7-13/h10,13,21H,6-8H2,1-5H3,(H,22,23)/t19-/m1/s1. The van der Waals surface area contributed by atoms with Crippen molar-refractivity contribution in [3.8, 4) is 6.07 Å². The van der Waals surface area contributed by atoms with Gasteiger partial charge < -0.3 is 19.8 Å². The highest BCUT2D eigenvalue weighted by Crippen LogP contribution is 2.39. The molecule has 0 aliphatic heterocycles. The lowest BCUT2D eigenvalue weighted by Crippen LogP contribution is -2.48. The Labute approximate surface area is 158 Å². The topological polar surface area (TPSA) is 121 Å². The number of nitrogens with zero attached hydrogens (tertiary/aromatic N) is 1. The molecule has 8 nitrogen and oxygen atoms in total.